The Kier molecular flexibility index (Phi) is 6.05. The van der Waals surface area contributed by atoms with E-state index in [0.717, 1.165) is 50.9 Å². The maximum absolute atomic E-state index is 11.3. The second-order valence-electron chi connectivity index (χ2n) is 8.99. The number of aliphatic hydroxyl groups excluding tert-OH is 1. The minimum absolute atomic E-state index is 0.354. The molecule has 0 saturated heterocycles. The lowest BCUT2D eigenvalue weighted by Crippen LogP contribution is -2.10. The molecular formula is C32H27N3O2. The Bertz CT molecular complexity index is 1640. The number of fused-ring (bicyclic) bond motifs is 1. The molecule has 0 amide bonds. The molecule has 1 unspecified atom stereocenters. The highest BCUT2D eigenvalue weighted by Gasteiger charge is 2.23. The van der Waals surface area contributed by atoms with Gasteiger partial charge in [-0.1, -0.05) is 103 Å². The summed E-state index contributed by atoms with van der Waals surface area (Å²) < 4.78 is 9.76. The molecule has 0 radical (unpaired) electrons. The van der Waals surface area contributed by atoms with Gasteiger partial charge in [0.2, 0.25) is 5.78 Å². The lowest BCUT2D eigenvalue weighted by molar-refractivity contribution is 0.158. The average Bonchev–Trinajstić information content (AvgIpc) is 3.51. The van der Waals surface area contributed by atoms with E-state index in [9.17, 15) is 5.11 Å². The van der Waals surface area contributed by atoms with Crippen molar-refractivity contribution >= 4 is 5.78 Å². The molecule has 6 rings (SSSR count). The van der Waals surface area contributed by atoms with Crippen molar-refractivity contribution in [2.75, 3.05) is 7.11 Å². The number of nitrogens with zero attached hydrogens (tertiary/aromatic N) is 3. The van der Waals surface area contributed by atoms with Gasteiger partial charge in [-0.3, -0.25) is 4.40 Å². The molecule has 2 heterocycles. The van der Waals surface area contributed by atoms with Gasteiger partial charge in [0.15, 0.2) is 0 Å². The maximum Gasteiger partial charge on any atom is 0.215 e. The highest BCUT2D eigenvalue weighted by molar-refractivity contribution is 5.82. The highest BCUT2D eigenvalue weighted by Crippen LogP contribution is 2.37. The second kappa shape index (κ2) is 9.80. The first kappa shape index (κ1) is 22.8. The van der Waals surface area contributed by atoms with Crippen molar-refractivity contribution in [3.8, 4) is 39.5 Å². The van der Waals surface area contributed by atoms with Crippen LogP contribution in [0.4, 0.5) is 0 Å². The number of aromatic nitrogens is 3. The summed E-state index contributed by atoms with van der Waals surface area (Å²) in [6, 6.07) is 38.3. The van der Waals surface area contributed by atoms with Gasteiger partial charge in [0, 0.05) is 22.9 Å². The first-order valence-electron chi connectivity index (χ1n) is 12.3. The van der Waals surface area contributed by atoms with Crippen molar-refractivity contribution in [2.24, 2.45) is 0 Å². The summed E-state index contributed by atoms with van der Waals surface area (Å²) in [5.74, 6) is 1.55. The van der Waals surface area contributed by atoms with Crippen LogP contribution in [-0.4, -0.2) is 26.2 Å². The molecule has 182 valence electrons. The van der Waals surface area contributed by atoms with Gasteiger partial charge in [0.1, 0.15) is 5.75 Å². The summed E-state index contributed by atoms with van der Waals surface area (Å²) in [6.45, 7) is 0.354. The second-order valence-corrected chi connectivity index (χ2v) is 8.99. The zero-order valence-electron chi connectivity index (χ0n) is 20.5. The highest BCUT2D eigenvalue weighted by atomic mass is 16.5. The minimum atomic E-state index is -0.696. The molecule has 0 aliphatic heterocycles. The Labute approximate surface area is 215 Å². The smallest absolute Gasteiger partial charge is 0.215 e. The fraction of sp³-hybridized carbons (Fsp3) is 0.0938. The molecule has 0 bridgehead atoms. The van der Waals surface area contributed by atoms with Crippen LogP contribution >= 0.6 is 0 Å². The van der Waals surface area contributed by atoms with Crippen molar-refractivity contribution in [1.29, 1.82) is 0 Å². The molecule has 2 aromatic heterocycles. The number of aliphatic hydroxyl groups is 1. The molecule has 0 saturated carbocycles. The van der Waals surface area contributed by atoms with Gasteiger partial charge in [0.05, 0.1) is 36.8 Å². The average molecular weight is 486 g/mol. The quantitative estimate of drug-likeness (QED) is 0.268. The normalized spacial score (nSPS) is 12.1. The van der Waals surface area contributed by atoms with Crippen molar-refractivity contribution < 1.29 is 9.84 Å². The summed E-state index contributed by atoms with van der Waals surface area (Å²) >= 11 is 0. The molecule has 0 aliphatic rings. The van der Waals surface area contributed by atoms with Crippen molar-refractivity contribution in [1.82, 2.24) is 14.0 Å². The van der Waals surface area contributed by atoms with Crippen LogP contribution in [0.25, 0.3) is 39.5 Å². The zero-order chi connectivity index (χ0) is 25.2. The van der Waals surface area contributed by atoms with Crippen LogP contribution in [0.5, 0.6) is 5.75 Å². The monoisotopic (exact) mass is 485 g/mol. The van der Waals surface area contributed by atoms with Crippen LogP contribution in [-0.2, 0) is 6.54 Å². The van der Waals surface area contributed by atoms with Gasteiger partial charge in [-0.25, -0.2) is 4.98 Å². The van der Waals surface area contributed by atoms with Crippen LogP contribution in [0.2, 0.25) is 0 Å². The SMILES string of the molecule is COc1cccc(-c2cn3c(-c4ccccc4)c(-c4ccccc4)nc3n2CC(O)c2ccccc2)c1. The number of methoxy groups -OCH3 is 1. The molecule has 37 heavy (non-hydrogen) atoms. The third-order valence-electron chi connectivity index (χ3n) is 6.68. The largest absolute Gasteiger partial charge is 0.497 e. The van der Waals surface area contributed by atoms with E-state index in [-0.39, 0.29) is 0 Å². The molecule has 5 nitrogen and oxygen atoms in total. The summed E-state index contributed by atoms with van der Waals surface area (Å²) in [5.41, 5.74) is 6.85. The summed E-state index contributed by atoms with van der Waals surface area (Å²) in [4.78, 5) is 5.18. The number of benzene rings is 4. The van der Waals surface area contributed by atoms with Gasteiger partial charge in [-0.2, -0.15) is 0 Å². The first-order chi connectivity index (χ1) is 18.2. The summed E-state index contributed by atoms with van der Waals surface area (Å²) in [7, 11) is 1.67. The molecule has 0 aliphatic carbocycles. The van der Waals surface area contributed by atoms with E-state index in [2.05, 4.69) is 45.5 Å². The Morgan fingerprint density at radius 1 is 0.757 bits per heavy atom. The molecule has 0 fully saturated rings. The van der Waals surface area contributed by atoms with Gasteiger partial charge < -0.3 is 14.4 Å². The molecule has 0 spiro atoms. The number of rotatable bonds is 7. The maximum atomic E-state index is 11.3. The van der Waals surface area contributed by atoms with Crippen LogP contribution in [0.1, 0.15) is 11.7 Å². The number of imidazole rings is 2. The Balaban J connectivity index is 1.61. The lowest BCUT2D eigenvalue weighted by Gasteiger charge is -2.15. The topological polar surface area (TPSA) is 51.7 Å². The van der Waals surface area contributed by atoms with Crippen molar-refractivity contribution in [2.45, 2.75) is 12.6 Å². The van der Waals surface area contributed by atoms with Crippen LogP contribution < -0.4 is 4.74 Å². The predicted molar refractivity (Wildman–Crippen MR) is 147 cm³/mol. The van der Waals surface area contributed by atoms with Crippen LogP contribution in [0, 0.1) is 0 Å². The zero-order valence-corrected chi connectivity index (χ0v) is 20.5. The molecule has 6 aromatic rings. The van der Waals surface area contributed by atoms with Gasteiger partial charge >= 0.3 is 0 Å². The fourth-order valence-corrected chi connectivity index (χ4v) is 4.85. The van der Waals surface area contributed by atoms with E-state index < -0.39 is 6.10 Å². The van der Waals surface area contributed by atoms with E-state index in [4.69, 9.17) is 9.72 Å². The number of ether oxygens (including phenoxy) is 1. The van der Waals surface area contributed by atoms with E-state index in [0.29, 0.717) is 6.54 Å². The van der Waals surface area contributed by atoms with E-state index in [1.165, 1.54) is 0 Å². The Morgan fingerprint density at radius 3 is 2.05 bits per heavy atom. The third kappa shape index (κ3) is 4.30. The molecule has 1 N–H and O–H groups in total. The van der Waals surface area contributed by atoms with Gasteiger partial charge in [-0.15, -0.1) is 0 Å². The molecule has 4 aromatic carbocycles. The third-order valence-corrected chi connectivity index (χ3v) is 6.68. The first-order valence-corrected chi connectivity index (χ1v) is 12.3. The lowest BCUT2D eigenvalue weighted by atomic mass is 10.0. The van der Waals surface area contributed by atoms with Crippen molar-refractivity contribution in [3.63, 3.8) is 0 Å². The van der Waals surface area contributed by atoms with Crippen LogP contribution in [0.3, 0.4) is 0 Å². The van der Waals surface area contributed by atoms with E-state index >= 15 is 0 Å². The van der Waals surface area contributed by atoms with E-state index in [1.807, 2.05) is 84.9 Å². The molecular weight excluding hydrogens is 458 g/mol. The van der Waals surface area contributed by atoms with Crippen LogP contribution in [0.15, 0.2) is 121 Å². The summed E-state index contributed by atoms with van der Waals surface area (Å²) in [5, 5.41) is 11.3. The Hall–Kier alpha value is -4.61. The summed E-state index contributed by atoms with van der Waals surface area (Å²) in [6.07, 6.45) is 1.42. The van der Waals surface area contributed by atoms with Crippen molar-refractivity contribution in [3.05, 3.63) is 127 Å². The molecule has 5 heteroatoms. The Morgan fingerprint density at radius 2 is 1.38 bits per heavy atom. The molecule has 1 atom stereocenters. The predicted octanol–water partition coefficient (Wildman–Crippen LogP) is 6.88. The van der Waals surface area contributed by atoms with Gasteiger partial charge in [0.25, 0.3) is 0 Å². The fourth-order valence-electron chi connectivity index (χ4n) is 4.85. The number of hydrogen-bond acceptors (Lipinski definition) is 3. The number of hydrogen-bond donors (Lipinski definition) is 1. The van der Waals surface area contributed by atoms with E-state index in [1.54, 1.807) is 7.11 Å². The standard InChI is InChI=1S/C32H27N3O2/c1-37-27-19-11-18-26(20-27)28-21-35-31(25-16-9-4-10-17-25)30(24-14-7-3-8-15-24)33-32(35)34(28)22-29(36)23-12-5-2-6-13-23/h2-21,29,36H,22H2,1H3. The van der Waals surface area contributed by atoms with Gasteiger partial charge in [-0.05, 0) is 17.7 Å². The minimum Gasteiger partial charge on any atom is -0.497 e.